The van der Waals surface area contributed by atoms with Gasteiger partial charge in [-0.25, -0.2) is 4.79 Å². The van der Waals surface area contributed by atoms with Crippen LogP contribution in [-0.4, -0.2) is 34.9 Å². The smallest absolute Gasteiger partial charge is 0.337 e. The van der Waals surface area contributed by atoms with Crippen LogP contribution in [0.1, 0.15) is 27.2 Å². The highest BCUT2D eigenvalue weighted by Crippen LogP contribution is 2.34. The van der Waals surface area contributed by atoms with E-state index in [9.17, 15) is 9.90 Å². The molecule has 0 aliphatic carbocycles. The summed E-state index contributed by atoms with van der Waals surface area (Å²) in [6.45, 7) is 7.11. The molecular weight excluding hydrogens is 218 g/mol. The van der Waals surface area contributed by atoms with Gasteiger partial charge in [-0.15, -0.1) is 12.4 Å². The van der Waals surface area contributed by atoms with Crippen LogP contribution in [0.2, 0.25) is 0 Å². The number of piperidine rings is 1. The van der Waals surface area contributed by atoms with E-state index in [0.717, 1.165) is 6.54 Å². The number of aliphatic hydroxyl groups is 1. The molecule has 1 rings (SSSR count). The van der Waals surface area contributed by atoms with Crippen molar-refractivity contribution in [3.05, 3.63) is 0 Å². The lowest BCUT2D eigenvalue weighted by Crippen LogP contribution is -2.56. The van der Waals surface area contributed by atoms with Gasteiger partial charge >= 0.3 is 5.97 Å². The summed E-state index contributed by atoms with van der Waals surface area (Å²) in [5.41, 5.74) is -1.56. The van der Waals surface area contributed by atoms with Crippen molar-refractivity contribution in [1.82, 2.24) is 5.32 Å². The lowest BCUT2D eigenvalue weighted by atomic mass is 9.72. The standard InChI is InChI=1S/C10H19NO3.ClH/c1-9(2,3)7-4-10(14,8(12)13)6-11-5-7;/h7,11,14H,4-6H2,1-3H3,(H,12,13);1H. The Kier molecular flexibility index (Phi) is 4.58. The molecular formula is C10H20ClNO3. The van der Waals surface area contributed by atoms with E-state index in [1.54, 1.807) is 0 Å². The van der Waals surface area contributed by atoms with Gasteiger partial charge in [-0.3, -0.25) is 0 Å². The van der Waals surface area contributed by atoms with Crippen molar-refractivity contribution in [1.29, 1.82) is 0 Å². The van der Waals surface area contributed by atoms with Gasteiger partial charge in [0.2, 0.25) is 0 Å². The van der Waals surface area contributed by atoms with E-state index < -0.39 is 11.6 Å². The Bertz CT molecular complexity index is 239. The van der Waals surface area contributed by atoms with Crippen LogP contribution in [0.15, 0.2) is 0 Å². The van der Waals surface area contributed by atoms with E-state index >= 15 is 0 Å². The summed E-state index contributed by atoms with van der Waals surface area (Å²) in [4.78, 5) is 10.9. The van der Waals surface area contributed by atoms with Gasteiger partial charge in [0.05, 0.1) is 0 Å². The number of hydrogen-bond donors (Lipinski definition) is 3. The van der Waals surface area contributed by atoms with Gasteiger partial charge in [0, 0.05) is 6.54 Å². The second kappa shape index (κ2) is 4.68. The maximum absolute atomic E-state index is 10.9. The first-order chi connectivity index (χ1) is 6.26. The van der Waals surface area contributed by atoms with Crippen LogP contribution >= 0.6 is 12.4 Å². The maximum atomic E-state index is 10.9. The third-order valence-electron chi connectivity index (χ3n) is 3.02. The van der Waals surface area contributed by atoms with Crippen LogP contribution in [0.4, 0.5) is 0 Å². The number of rotatable bonds is 1. The van der Waals surface area contributed by atoms with E-state index in [4.69, 9.17) is 5.11 Å². The minimum Gasteiger partial charge on any atom is -0.479 e. The number of halogens is 1. The molecule has 1 aliphatic rings. The van der Waals surface area contributed by atoms with Gasteiger partial charge in [-0.1, -0.05) is 20.8 Å². The Hall–Kier alpha value is -0.320. The molecule has 0 bridgehead atoms. The van der Waals surface area contributed by atoms with Gasteiger partial charge in [0.25, 0.3) is 0 Å². The third-order valence-corrected chi connectivity index (χ3v) is 3.02. The van der Waals surface area contributed by atoms with Gasteiger partial charge in [-0.05, 0) is 24.3 Å². The number of β-amino-alcohol motifs (C(OH)–C–C–N with tert-alkyl or cyclic N) is 1. The van der Waals surface area contributed by atoms with Gasteiger partial charge in [0.15, 0.2) is 5.60 Å². The van der Waals surface area contributed by atoms with Crippen molar-refractivity contribution < 1.29 is 15.0 Å². The average Bonchev–Trinajstić information content (AvgIpc) is 2.02. The Balaban J connectivity index is 0.00000196. The number of aliphatic carboxylic acids is 1. The highest BCUT2D eigenvalue weighted by Gasteiger charge is 2.44. The summed E-state index contributed by atoms with van der Waals surface area (Å²) in [5.74, 6) is -0.934. The lowest BCUT2D eigenvalue weighted by molar-refractivity contribution is -0.163. The number of carboxylic acid groups (broad SMARTS) is 1. The molecule has 2 atom stereocenters. The molecule has 1 heterocycles. The summed E-state index contributed by atoms with van der Waals surface area (Å²) >= 11 is 0. The minimum absolute atomic E-state index is 0. The molecule has 15 heavy (non-hydrogen) atoms. The summed E-state index contributed by atoms with van der Waals surface area (Å²) in [7, 11) is 0. The van der Waals surface area contributed by atoms with Crippen molar-refractivity contribution in [2.75, 3.05) is 13.1 Å². The highest BCUT2D eigenvalue weighted by atomic mass is 35.5. The first-order valence-corrected chi connectivity index (χ1v) is 4.92. The van der Waals surface area contributed by atoms with E-state index in [0.29, 0.717) is 6.42 Å². The molecule has 1 saturated heterocycles. The van der Waals surface area contributed by atoms with E-state index in [1.807, 2.05) is 0 Å². The zero-order valence-electron chi connectivity index (χ0n) is 9.41. The second-order valence-corrected chi connectivity index (χ2v) is 5.23. The molecule has 3 N–H and O–H groups in total. The maximum Gasteiger partial charge on any atom is 0.337 e. The molecule has 0 amide bonds. The molecule has 4 nitrogen and oxygen atoms in total. The molecule has 0 aromatic carbocycles. The third kappa shape index (κ3) is 3.33. The first kappa shape index (κ1) is 14.7. The Morgan fingerprint density at radius 1 is 1.47 bits per heavy atom. The van der Waals surface area contributed by atoms with Gasteiger partial charge < -0.3 is 15.5 Å². The van der Waals surface area contributed by atoms with Crippen LogP contribution in [-0.2, 0) is 4.79 Å². The van der Waals surface area contributed by atoms with Crippen LogP contribution in [0.3, 0.4) is 0 Å². The van der Waals surface area contributed by atoms with Crippen molar-refractivity contribution in [2.45, 2.75) is 32.8 Å². The summed E-state index contributed by atoms with van der Waals surface area (Å²) in [6, 6.07) is 0. The number of nitrogens with one attached hydrogen (secondary N) is 1. The summed E-state index contributed by atoms with van der Waals surface area (Å²) < 4.78 is 0. The molecule has 90 valence electrons. The molecule has 5 heteroatoms. The molecule has 0 aromatic heterocycles. The SMILES string of the molecule is CC(C)(C)C1CNCC(O)(C(=O)O)C1.Cl. The molecule has 0 saturated carbocycles. The second-order valence-electron chi connectivity index (χ2n) is 5.23. The monoisotopic (exact) mass is 237 g/mol. The fraction of sp³-hybridized carbons (Fsp3) is 0.900. The van der Waals surface area contributed by atoms with Crippen LogP contribution in [0.25, 0.3) is 0 Å². The lowest BCUT2D eigenvalue weighted by Gasteiger charge is -2.40. The fourth-order valence-corrected chi connectivity index (χ4v) is 1.78. The quantitative estimate of drug-likeness (QED) is 0.633. The average molecular weight is 238 g/mol. The van der Waals surface area contributed by atoms with E-state index in [1.165, 1.54) is 0 Å². The number of hydrogen-bond acceptors (Lipinski definition) is 3. The molecule has 0 radical (unpaired) electrons. The van der Waals surface area contributed by atoms with Crippen LogP contribution < -0.4 is 5.32 Å². The zero-order chi connectivity index (χ0) is 11.0. The van der Waals surface area contributed by atoms with E-state index in [-0.39, 0.29) is 30.3 Å². The number of carboxylic acids is 1. The Labute approximate surface area is 96.5 Å². The Morgan fingerprint density at radius 2 is 2.00 bits per heavy atom. The summed E-state index contributed by atoms with van der Waals surface area (Å²) in [6.07, 6.45) is 0.332. The predicted molar refractivity (Wildman–Crippen MR) is 60.3 cm³/mol. The van der Waals surface area contributed by atoms with E-state index in [2.05, 4.69) is 26.1 Å². The zero-order valence-corrected chi connectivity index (χ0v) is 10.2. The van der Waals surface area contributed by atoms with Crippen LogP contribution in [0, 0.1) is 11.3 Å². The largest absolute Gasteiger partial charge is 0.479 e. The molecule has 2 unspecified atom stereocenters. The molecule has 1 fully saturated rings. The van der Waals surface area contributed by atoms with Crippen molar-refractivity contribution in [3.8, 4) is 0 Å². The molecule has 1 aliphatic heterocycles. The molecule has 0 aromatic rings. The van der Waals surface area contributed by atoms with Gasteiger partial charge in [-0.2, -0.15) is 0 Å². The predicted octanol–water partition coefficient (Wildman–Crippen LogP) is 0.879. The highest BCUT2D eigenvalue weighted by molar-refractivity contribution is 5.85. The minimum atomic E-state index is -1.59. The van der Waals surface area contributed by atoms with Gasteiger partial charge in [0.1, 0.15) is 0 Å². The fourth-order valence-electron chi connectivity index (χ4n) is 1.78. The van der Waals surface area contributed by atoms with Crippen molar-refractivity contribution in [2.24, 2.45) is 11.3 Å². The Morgan fingerprint density at radius 3 is 2.40 bits per heavy atom. The molecule has 0 spiro atoms. The number of carbonyl (C=O) groups is 1. The normalized spacial score (nSPS) is 31.9. The first-order valence-electron chi connectivity index (χ1n) is 4.92. The topological polar surface area (TPSA) is 69.6 Å². The van der Waals surface area contributed by atoms with Crippen molar-refractivity contribution in [3.63, 3.8) is 0 Å². The van der Waals surface area contributed by atoms with Crippen molar-refractivity contribution >= 4 is 18.4 Å². The van der Waals surface area contributed by atoms with Crippen LogP contribution in [0.5, 0.6) is 0 Å². The summed E-state index contributed by atoms with van der Waals surface area (Å²) in [5, 5.41) is 21.7.